The highest BCUT2D eigenvalue weighted by atomic mass is 16.3. The number of aromatic nitrogens is 1. The van der Waals surface area contributed by atoms with Crippen LogP contribution in [0.5, 0.6) is 5.75 Å². The van der Waals surface area contributed by atoms with E-state index < -0.39 is 5.60 Å². The molecule has 156 valence electrons. The third-order valence-corrected chi connectivity index (χ3v) is 5.68. The van der Waals surface area contributed by atoms with Crippen LogP contribution in [0, 0.1) is 0 Å². The van der Waals surface area contributed by atoms with Crippen LogP contribution < -0.4 is 0 Å². The van der Waals surface area contributed by atoms with E-state index in [0.29, 0.717) is 38.9 Å². The smallest absolute Gasteiger partial charge is 0.226 e. The van der Waals surface area contributed by atoms with Gasteiger partial charge in [0, 0.05) is 38.6 Å². The summed E-state index contributed by atoms with van der Waals surface area (Å²) in [5.74, 6) is 0.275. The van der Waals surface area contributed by atoms with Gasteiger partial charge in [0.25, 0.3) is 0 Å². The molecule has 6 heteroatoms. The van der Waals surface area contributed by atoms with Crippen molar-refractivity contribution in [3.63, 3.8) is 0 Å². The van der Waals surface area contributed by atoms with Crippen LogP contribution in [0.4, 0.5) is 0 Å². The molecule has 0 spiro atoms. The van der Waals surface area contributed by atoms with Crippen molar-refractivity contribution in [3.8, 4) is 5.75 Å². The first-order chi connectivity index (χ1) is 14.0. The van der Waals surface area contributed by atoms with Crippen molar-refractivity contribution in [1.82, 2.24) is 14.8 Å². The quantitative estimate of drug-likeness (QED) is 0.751. The molecule has 1 saturated heterocycles. The number of hydrogen-bond acceptors (Lipinski definition) is 5. The molecule has 2 N–H and O–H groups in total. The van der Waals surface area contributed by atoms with Gasteiger partial charge in [-0.1, -0.05) is 19.1 Å². The maximum atomic E-state index is 12.7. The minimum Gasteiger partial charge on any atom is -0.508 e. The molecular formula is C23H31N3O3. The Labute approximate surface area is 172 Å². The molecule has 1 unspecified atom stereocenters. The van der Waals surface area contributed by atoms with E-state index in [4.69, 9.17) is 0 Å². The topological polar surface area (TPSA) is 76.9 Å². The average molecular weight is 398 g/mol. The Kier molecular flexibility index (Phi) is 7.23. The lowest BCUT2D eigenvalue weighted by atomic mass is 9.94. The first-order valence-corrected chi connectivity index (χ1v) is 10.4. The second-order valence-corrected chi connectivity index (χ2v) is 7.96. The van der Waals surface area contributed by atoms with Crippen molar-refractivity contribution in [2.24, 2.45) is 0 Å². The summed E-state index contributed by atoms with van der Waals surface area (Å²) in [4.78, 5) is 20.9. The highest BCUT2D eigenvalue weighted by Gasteiger charge is 2.33. The second kappa shape index (κ2) is 9.85. The van der Waals surface area contributed by atoms with E-state index in [1.54, 1.807) is 36.7 Å². The van der Waals surface area contributed by atoms with Gasteiger partial charge >= 0.3 is 0 Å². The minimum absolute atomic E-state index is 0.0732. The number of amides is 1. The summed E-state index contributed by atoms with van der Waals surface area (Å²) < 4.78 is 0. The largest absolute Gasteiger partial charge is 0.508 e. The van der Waals surface area contributed by atoms with Gasteiger partial charge in [0.15, 0.2) is 0 Å². The fraction of sp³-hybridized carbons (Fsp3) is 0.478. The van der Waals surface area contributed by atoms with Crippen LogP contribution >= 0.6 is 0 Å². The molecule has 1 aromatic heterocycles. The summed E-state index contributed by atoms with van der Waals surface area (Å²) in [5.41, 5.74) is 1.29. The summed E-state index contributed by atoms with van der Waals surface area (Å²) in [5, 5.41) is 20.6. The first-order valence-electron chi connectivity index (χ1n) is 10.4. The zero-order valence-electron chi connectivity index (χ0n) is 17.1. The lowest BCUT2D eigenvalue weighted by molar-refractivity contribution is -0.130. The number of phenols is 1. The van der Waals surface area contributed by atoms with Gasteiger partial charge in [-0.05, 0) is 61.2 Å². The van der Waals surface area contributed by atoms with Crippen molar-refractivity contribution >= 4 is 5.91 Å². The zero-order chi connectivity index (χ0) is 20.7. The number of pyridine rings is 1. The van der Waals surface area contributed by atoms with Crippen LogP contribution in [0.25, 0.3) is 0 Å². The molecule has 3 rings (SSSR count). The molecule has 0 aliphatic carbocycles. The normalized spacial score (nSPS) is 19.9. The van der Waals surface area contributed by atoms with Gasteiger partial charge in [-0.15, -0.1) is 0 Å². The summed E-state index contributed by atoms with van der Waals surface area (Å²) in [6.07, 6.45) is 5.98. The number of benzene rings is 1. The van der Waals surface area contributed by atoms with Crippen molar-refractivity contribution in [2.45, 2.75) is 44.8 Å². The Morgan fingerprint density at radius 2 is 1.83 bits per heavy atom. The van der Waals surface area contributed by atoms with E-state index in [9.17, 15) is 15.0 Å². The second-order valence-electron chi connectivity index (χ2n) is 7.96. The Bertz CT molecular complexity index is 782. The van der Waals surface area contributed by atoms with Gasteiger partial charge in [-0.25, -0.2) is 0 Å². The molecule has 0 saturated carbocycles. The highest BCUT2D eigenvalue weighted by molar-refractivity contribution is 5.78. The van der Waals surface area contributed by atoms with Crippen LogP contribution in [-0.2, 0) is 17.8 Å². The third kappa shape index (κ3) is 6.27. The number of likely N-dealkylation sites (N-methyl/N-ethyl adjacent to an activating group) is 1. The summed E-state index contributed by atoms with van der Waals surface area (Å²) in [7, 11) is 0. The van der Waals surface area contributed by atoms with Gasteiger partial charge < -0.3 is 15.1 Å². The van der Waals surface area contributed by atoms with Gasteiger partial charge in [0.1, 0.15) is 5.75 Å². The van der Waals surface area contributed by atoms with Crippen LogP contribution in [0.15, 0.2) is 48.8 Å². The molecule has 0 radical (unpaired) electrons. The number of carbonyl (C=O) groups excluding carboxylic acids is 1. The number of aliphatic hydroxyl groups is 1. The fourth-order valence-corrected chi connectivity index (χ4v) is 3.93. The number of aromatic hydroxyl groups is 1. The lowest BCUT2D eigenvalue weighted by Gasteiger charge is -2.33. The minimum atomic E-state index is -0.781. The molecule has 0 bridgehead atoms. The lowest BCUT2D eigenvalue weighted by Crippen LogP contribution is -2.44. The van der Waals surface area contributed by atoms with E-state index in [0.717, 1.165) is 25.1 Å². The first kappa shape index (κ1) is 21.3. The summed E-state index contributed by atoms with van der Waals surface area (Å²) in [6, 6.07) is 10.8. The number of carbonyl (C=O) groups is 1. The third-order valence-electron chi connectivity index (χ3n) is 5.68. The van der Waals surface area contributed by atoms with Crippen LogP contribution in [-0.4, -0.2) is 62.7 Å². The highest BCUT2D eigenvalue weighted by Crippen LogP contribution is 2.25. The van der Waals surface area contributed by atoms with Crippen LogP contribution in [0.1, 0.15) is 37.3 Å². The standard InChI is InChI=1S/C23H31N3O3/c1-2-25(17-20-8-12-24-13-9-20)18-23(29)10-3-14-26(15-11-23)22(28)16-19-4-6-21(27)7-5-19/h4-9,12-13,27,29H,2-3,10-11,14-18H2,1H3. The SMILES string of the molecule is CCN(Cc1ccncc1)CC1(O)CCCN(C(=O)Cc2ccc(O)cc2)CC1. The van der Waals surface area contributed by atoms with Crippen molar-refractivity contribution in [3.05, 3.63) is 59.9 Å². The zero-order valence-corrected chi connectivity index (χ0v) is 17.1. The molecular weight excluding hydrogens is 366 g/mol. The maximum Gasteiger partial charge on any atom is 0.226 e. The van der Waals surface area contributed by atoms with E-state index in [1.807, 2.05) is 17.0 Å². The summed E-state index contributed by atoms with van der Waals surface area (Å²) in [6.45, 7) is 5.59. The van der Waals surface area contributed by atoms with Crippen LogP contribution in [0.2, 0.25) is 0 Å². The summed E-state index contributed by atoms with van der Waals surface area (Å²) >= 11 is 0. The Morgan fingerprint density at radius 3 is 2.52 bits per heavy atom. The van der Waals surface area contributed by atoms with Crippen molar-refractivity contribution in [1.29, 1.82) is 0 Å². The fourth-order valence-electron chi connectivity index (χ4n) is 3.93. The van der Waals surface area contributed by atoms with Gasteiger partial charge in [0.2, 0.25) is 5.91 Å². The van der Waals surface area contributed by atoms with E-state index in [-0.39, 0.29) is 11.7 Å². The van der Waals surface area contributed by atoms with Gasteiger partial charge in [-0.2, -0.15) is 0 Å². The Balaban J connectivity index is 1.55. The molecule has 2 aromatic rings. The van der Waals surface area contributed by atoms with E-state index in [1.165, 1.54) is 5.56 Å². The molecule has 1 aliphatic heterocycles. The Morgan fingerprint density at radius 1 is 1.10 bits per heavy atom. The van der Waals surface area contributed by atoms with Crippen LogP contribution in [0.3, 0.4) is 0 Å². The maximum absolute atomic E-state index is 12.7. The average Bonchev–Trinajstić information content (AvgIpc) is 2.92. The van der Waals surface area contributed by atoms with E-state index in [2.05, 4.69) is 16.8 Å². The molecule has 1 atom stereocenters. The number of nitrogens with zero attached hydrogens (tertiary/aromatic N) is 3. The molecule has 1 aliphatic rings. The number of rotatable bonds is 7. The van der Waals surface area contributed by atoms with E-state index >= 15 is 0 Å². The molecule has 2 heterocycles. The van der Waals surface area contributed by atoms with Crippen molar-refractivity contribution in [2.75, 3.05) is 26.2 Å². The molecule has 1 aromatic carbocycles. The predicted molar refractivity (Wildman–Crippen MR) is 112 cm³/mol. The van der Waals surface area contributed by atoms with Gasteiger partial charge in [0.05, 0.1) is 12.0 Å². The Hall–Kier alpha value is -2.44. The molecule has 1 amide bonds. The number of likely N-dealkylation sites (tertiary alicyclic amines) is 1. The number of phenolic OH excluding ortho intramolecular Hbond substituents is 1. The monoisotopic (exact) mass is 397 g/mol. The van der Waals surface area contributed by atoms with Gasteiger partial charge in [-0.3, -0.25) is 14.7 Å². The molecule has 29 heavy (non-hydrogen) atoms. The predicted octanol–water partition coefficient (Wildman–Crippen LogP) is 2.60. The van der Waals surface area contributed by atoms with Crippen molar-refractivity contribution < 1.29 is 15.0 Å². The number of hydrogen-bond donors (Lipinski definition) is 2. The molecule has 6 nitrogen and oxygen atoms in total. The molecule has 1 fully saturated rings.